The average Bonchev–Trinajstić information content (AvgIpc) is 3.13. The van der Waals surface area contributed by atoms with Crippen molar-refractivity contribution >= 4 is 23.4 Å². The monoisotopic (exact) mass is 668 g/mol. The molecule has 0 aromatic heterocycles. The molecular formula is C41H60N6O2. The van der Waals surface area contributed by atoms with Crippen LogP contribution in [0.15, 0.2) is 91.0 Å². The largest absolute Gasteiger partial charge is 0.329 e. The van der Waals surface area contributed by atoms with Crippen LogP contribution in [-0.2, 0) is 6.54 Å². The van der Waals surface area contributed by atoms with E-state index in [4.69, 9.17) is 0 Å². The molecule has 1 saturated heterocycles. The summed E-state index contributed by atoms with van der Waals surface area (Å²) in [7, 11) is 4.33. The van der Waals surface area contributed by atoms with Crippen molar-refractivity contribution in [3.8, 4) is 0 Å². The molecule has 8 nitrogen and oxygen atoms in total. The Labute approximate surface area is 296 Å². The number of para-hydroxylation sites is 2. The fourth-order valence-electron chi connectivity index (χ4n) is 6.59. The number of benzene rings is 3. The second kappa shape index (κ2) is 20.6. The summed E-state index contributed by atoms with van der Waals surface area (Å²) < 4.78 is 0. The molecule has 3 aromatic rings. The number of piperazine rings is 1. The van der Waals surface area contributed by atoms with Crippen LogP contribution < -0.4 is 4.90 Å². The summed E-state index contributed by atoms with van der Waals surface area (Å²) in [6, 6.07) is 30.4. The number of anilines is 2. The standard InChI is InChI=1S/C41H60N6O2/c1-5-7-18-27-44(28-19-8-6-2)40(48)45-32-33-46(41(49)47(37-22-14-10-15-23-37)38-24-16-11-17-25-38)39(35-45)26-29-42(3)30-31-43(4)34-36-20-12-9-13-21-36/h9-17,20-25,39H,5-8,18-19,26-35H2,1-4H3. The van der Waals surface area contributed by atoms with Gasteiger partial charge in [0.05, 0.1) is 17.4 Å². The van der Waals surface area contributed by atoms with Crippen molar-refractivity contribution in [1.29, 1.82) is 0 Å². The molecule has 1 aliphatic rings. The van der Waals surface area contributed by atoms with E-state index in [0.717, 1.165) is 95.6 Å². The van der Waals surface area contributed by atoms with Gasteiger partial charge in [-0.15, -0.1) is 0 Å². The first-order valence-electron chi connectivity index (χ1n) is 18.6. The van der Waals surface area contributed by atoms with E-state index in [0.29, 0.717) is 19.6 Å². The Hall–Kier alpha value is -3.88. The number of likely N-dealkylation sites (N-methyl/N-ethyl adjacent to an activating group) is 2. The van der Waals surface area contributed by atoms with Gasteiger partial charge in [-0.2, -0.15) is 0 Å². The van der Waals surface area contributed by atoms with Crippen molar-refractivity contribution in [2.75, 3.05) is 71.4 Å². The maximum atomic E-state index is 14.6. The van der Waals surface area contributed by atoms with Crippen LogP contribution in [0.1, 0.15) is 64.4 Å². The summed E-state index contributed by atoms with van der Waals surface area (Å²) in [5.74, 6) is 0. The number of urea groups is 2. The molecule has 0 radical (unpaired) electrons. The van der Waals surface area contributed by atoms with Crippen LogP contribution in [0, 0.1) is 0 Å². The Balaban J connectivity index is 1.50. The van der Waals surface area contributed by atoms with Gasteiger partial charge < -0.3 is 24.5 Å². The van der Waals surface area contributed by atoms with Gasteiger partial charge in [0.1, 0.15) is 0 Å². The molecule has 0 aliphatic carbocycles. The van der Waals surface area contributed by atoms with Gasteiger partial charge in [0.2, 0.25) is 0 Å². The van der Waals surface area contributed by atoms with Crippen molar-refractivity contribution in [1.82, 2.24) is 24.5 Å². The van der Waals surface area contributed by atoms with E-state index in [1.165, 1.54) is 5.56 Å². The summed E-state index contributed by atoms with van der Waals surface area (Å²) in [5.41, 5.74) is 2.99. The maximum Gasteiger partial charge on any atom is 0.329 e. The summed E-state index contributed by atoms with van der Waals surface area (Å²) in [4.78, 5) is 41.4. The Kier molecular flexibility index (Phi) is 15.9. The minimum atomic E-state index is -0.0993. The fourth-order valence-corrected chi connectivity index (χ4v) is 6.59. The zero-order valence-electron chi connectivity index (χ0n) is 30.6. The lowest BCUT2D eigenvalue weighted by Gasteiger charge is -2.45. The molecule has 4 amide bonds. The summed E-state index contributed by atoms with van der Waals surface area (Å²) in [5, 5.41) is 0. The fraction of sp³-hybridized carbons (Fsp3) is 0.512. The van der Waals surface area contributed by atoms with E-state index in [2.05, 4.69) is 73.0 Å². The van der Waals surface area contributed by atoms with Gasteiger partial charge in [0.15, 0.2) is 0 Å². The molecule has 49 heavy (non-hydrogen) atoms. The number of carbonyl (C=O) groups excluding carboxylic acids is 2. The van der Waals surface area contributed by atoms with Crippen LogP contribution in [0.5, 0.6) is 0 Å². The van der Waals surface area contributed by atoms with Crippen molar-refractivity contribution in [3.63, 3.8) is 0 Å². The van der Waals surface area contributed by atoms with Crippen LogP contribution >= 0.6 is 0 Å². The SMILES string of the molecule is CCCCCN(CCCCC)C(=O)N1CCN(C(=O)N(c2ccccc2)c2ccccc2)C(CCN(C)CCN(C)Cc2ccccc2)C1. The smallest absolute Gasteiger partial charge is 0.325 e. The molecule has 3 aromatic carbocycles. The third-order valence-electron chi connectivity index (χ3n) is 9.56. The lowest BCUT2D eigenvalue weighted by atomic mass is 10.1. The van der Waals surface area contributed by atoms with E-state index < -0.39 is 0 Å². The van der Waals surface area contributed by atoms with Crippen LogP contribution in [0.25, 0.3) is 0 Å². The molecular weight excluding hydrogens is 608 g/mol. The number of hydrogen-bond acceptors (Lipinski definition) is 4. The zero-order valence-corrected chi connectivity index (χ0v) is 30.6. The Morgan fingerprint density at radius 1 is 0.633 bits per heavy atom. The molecule has 1 atom stereocenters. The molecule has 4 rings (SSSR count). The van der Waals surface area contributed by atoms with Gasteiger partial charge in [-0.25, -0.2) is 9.59 Å². The number of nitrogens with zero attached hydrogens (tertiary/aromatic N) is 6. The second-order valence-corrected chi connectivity index (χ2v) is 13.6. The van der Waals surface area contributed by atoms with Crippen LogP contribution in [0.2, 0.25) is 0 Å². The summed E-state index contributed by atoms with van der Waals surface area (Å²) in [6.45, 7) is 11.2. The number of carbonyl (C=O) groups is 2. The quantitative estimate of drug-likeness (QED) is 0.128. The lowest BCUT2D eigenvalue weighted by molar-refractivity contribution is 0.0838. The van der Waals surface area contributed by atoms with Gasteiger partial charge in [-0.05, 0) is 69.7 Å². The first-order chi connectivity index (χ1) is 23.9. The highest BCUT2D eigenvalue weighted by Crippen LogP contribution is 2.29. The van der Waals surface area contributed by atoms with Gasteiger partial charge in [-0.1, -0.05) is 106 Å². The number of hydrogen-bond donors (Lipinski definition) is 0. The van der Waals surface area contributed by atoms with Gasteiger partial charge in [0.25, 0.3) is 0 Å². The topological polar surface area (TPSA) is 53.6 Å². The highest BCUT2D eigenvalue weighted by molar-refractivity contribution is 5.99. The second-order valence-electron chi connectivity index (χ2n) is 13.6. The molecule has 0 saturated carbocycles. The molecule has 0 spiro atoms. The normalized spacial score (nSPS) is 14.8. The summed E-state index contributed by atoms with van der Waals surface area (Å²) >= 11 is 0. The summed E-state index contributed by atoms with van der Waals surface area (Å²) in [6.07, 6.45) is 7.38. The Morgan fingerprint density at radius 2 is 1.16 bits per heavy atom. The van der Waals surface area contributed by atoms with Crippen LogP contribution in [0.4, 0.5) is 21.0 Å². The number of rotatable bonds is 18. The van der Waals surface area contributed by atoms with E-state index in [1.807, 2.05) is 75.4 Å². The van der Waals surface area contributed by atoms with Crippen molar-refractivity contribution in [2.45, 2.75) is 71.4 Å². The lowest BCUT2D eigenvalue weighted by Crippen LogP contribution is -2.61. The van der Waals surface area contributed by atoms with Crippen LogP contribution in [0.3, 0.4) is 0 Å². The van der Waals surface area contributed by atoms with Crippen molar-refractivity contribution < 1.29 is 9.59 Å². The maximum absolute atomic E-state index is 14.6. The number of unbranched alkanes of at least 4 members (excludes halogenated alkanes) is 4. The molecule has 8 heteroatoms. The predicted octanol–water partition coefficient (Wildman–Crippen LogP) is 8.19. The Bertz CT molecular complexity index is 1310. The number of amides is 4. The first-order valence-corrected chi connectivity index (χ1v) is 18.6. The van der Waals surface area contributed by atoms with Gasteiger partial charge in [-0.3, -0.25) is 4.90 Å². The van der Waals surface area contributed by atoms with Crippen molar-refractivity contribution in [2.24, 2.45) is 0 Å². The first kappa shape index (κ1) is 37.9. The molecule has 1 heterocycles. The van der Waals surface area contributed by atoms with Crippen molar-refractivity contribution in [3.05, 3.63) is 96.6 Å². The molecule has 0 N–H and O–H groups in total. The van der Waals surface area contributed by atoms with Gasteiger partial charge >= 0.3 is 12.1 Å². The predicted molar refractivity (Wildman–Crippen MR) is 203 cm³/mol. The van der Waals surface area contributed by atoms with E-state index in [-0.39, 0.29) is 18.1 Å². The Morgan fingerprint density at radius 3 is 1.71 bits per heavy atom. The van der Waals surface area contributed by atoms with E-state index in [1.54, 1.807) is 0 Å². The van der Waals surface area contributed by atoms with Crippen LogP contribution in [-0.4, -0.2) is 109 Å². The highest BCUT2D eigenvalue weighted by Gasteiger charge is 2.36. The molecule has 1 aliphatic heterocycles. The third-order valence-corrected chi connectivity index (χ3v) is 9.56. The molecule has 1 unspecified atom stereocenters. The zero-order chi connectivity index (χ0) is 34.8. The van der Waals surface area contributed by atoms with E-state index in [9.17, 15) is 9.59 Å². The average molecular weight is 669 g/mol. The highest BCUT2D eigenvalue weighted by atomic mass is 16.2. The molecule has 0 bridgehead atoms. The molecule has 266 valence electrons. The minimum absolute atomic E-state index is 0.0394. The third kappa shape index (κ3) is 11.9. The molecule has 1 fully saturated rings. The minimum Gasteiger partial charge on any atom is -0.325 e. The van der Waals surface area contributed by atoms with Gasteiger partial charge in [0, 0.05) is 52.4 Å². The van der Waals surface area contributed by atoms with E-state index >= 15 is 0 Å².